The van der Waals surface area contributed by atoms with Crippen LogP contribution in [0, 0.1) is 5.82 Å². The molecule has 1 aromatic heterocycles. The van der Waals surface area contributed by atoms with Gasteiger partial charge in [-0.15, -0.1) is 0 Å². The van der Waals surface area contributed by atoms with Gasteiger partial charge in [-0.3, -0.25) is 9.59 Å². The van der Waals surface area contributed by atoms with Crippen LogP contribution >= 0.6 is 0 Å². The summed E-state index contributed by atoms with van der Waals surface area (Å²) in [6, 6.07) is 8.83. The number of nitrogens with one attached hydrogen (secondary N) is 2. The summed E-state index contributed by atoms with van der Waals surface area (Å²) in [6.07, 6.45) is 0.674. The van der Waals surface area contributed by atoms with E-state index in [0.717, 1.165) is 0 Å². The Bertz CT molecular complexity index is 695. The molecule has 5 nitrogen and oxygen atoms in total. The average Bonchev–Trinajstić information content (AvgIpc) is 2.52. The van der Waals surface area contributed by atoms with Crippen LogP contribution in [0.15, 0.2) is 41.2 Å². The first kappa shape index (κ1) is 15.9. The number of hydrogen-bond donors (Lipinski definition) is 2. The summed E-state index contributed by atoms with van der Waals surface area (Å²) in [7, 11) is 1.58. The second-order valence-electron chi connectivity index (χ2n) is 4.72. The molecule has 1 amide bonds. The van der Waals surface area contributed by atoms with Crippen molar-refractivity contribution in [3.05, 3.63) is 58.1 Å². The van der Waals surface area contributed by atoms with Gasteiger partial charge in [-0.25, -0.2) is 4.39 Å². The molecule has 0 spiro atoms. The SMILES string of the molecule is COCCCNC(=O)c1ccc(-c2ccc(F)cc2)[nH]c1=O. The summed E-state index contributed by atoms with van der Waals surface area (Å²) in [5.74, 6) is -0.777. The van der Waals surface area contributed by atoms with Crippen molar-refractivity contribution in [1.82, 2.24) is 10.3 Å². The zero-order chi connectivity index (χ0) is 15.9. The molecule has 0 bridgehead atoms. The lowest BCUT2D eigenvalue weighted by molar-refractivity contribution is 0.0947. The molecule has 0 fully saturated rings. The Morgan fingerprint density at radius 1 is 1.23 bits per heavy atom. The maximum absolute atomic E-state index is 12.9. The number of aromatic nitrogens is 1. The van der Waals surface area contributed by atoms with Gasteiger partial charge in [-0.2, -0.15) is 0 Å². The van der Waals surface area contributed by atoms with Gasteiger partial charge in [0.25, 0.3) is 11.5 Å². The van der Waals surface area contributed by atoms with Crippen LogP contribution in [0.1, 0.15) is 16.8 Å². The number of ether oxygens (including phenoxy) is 1. The predicted octanol–water partition coefficient (Wildman–Crippen LogP) is 1.95. The maximum atomic E-state index is 12.9. The second-order valence-corrected chi connectivity index (χ2v) is 4.72. The maximum Gasteiger partial charge on any atom is 0.261 e. The van der Waals surface area contributed by atoms with Crippen LogP contribution < -0.4 is 10.9 Å². The van der Waals surface area contributed by atoms with Gasteiger partial charge in [-0.05, 0) is 48.4 Å². The molecule has 22 heavy (non-hydrogen) atoms. The number of carbonyl (C=O) groups excluding carboxylic acids is 1. The third-order valence-electron chi connectivity index (χ3n) is 3.12. The van der Waals surface area contributed by atoms with Crippen LogP contribution in [0.25, 0.3) is 11.3 Å². The fraction of sp³-hybridized carbons (Fsp3) is 0.250. The van der Waals surface area contributed by atoms with E-state index in [1.54, 1.807) is 25.3 Å². The largest absolute Gasteiger partial charge is 0.385 e. The summed E-state index contributed by atoms with van der Waals surface area (Å²) >= 11 is 0. The molecular weight excluding hydrogens is 287 g/mol. The highest BCUT2D eigenvalue weighted by Gasteiger charge is 2.10. The fourth-order valence-electron chi connectivity index (χ4n) is 1.96. The van der Waals surface area contributed by atoms with Crippen LogP contribution in [0.5, 0.6) is 0 Å². The lowest BCUT2D eigenvalue weighted by Crippen LogP contribution is -2.30. The minimum absolute atomic E-state index is 0.0447. The molecule has 0 aliphatic rings. The third-order valence-corrected chi connectivity index (χ3v) is 3.12. The number of carbonyl (C=O) groups is 1. The number of amides is 1. The van der Waals surface area contributed by atoms with Crippen molar-refractivity contribution in [3.63, 3.8) is 0 Å². The van der Waals surface area contributed by atoms with Crippen molar-refractivity contribution in [1.29, 1.82) is 0 Å². The van der Waals surface area contributed by atoms with Crippen LogP contribution in [0.2, 0.25) is 0 Å². The van der Waals surface area contributed by atoms with E-state index in [2.05, 4.69) is 10.3 Å². The molecule has 0 saturated carbocycles. The molecular formula is C16H17FN2O3. The summed E-state index contributed by atoms with van der Waals surface area (Å²) < 4.78 is 17.8. The average molecular weight is 304 g/mol. The van der Waals surface area contributed by atoms with E-state index in [-0.39, 0.29) is 11.4 Å². The van der Waals surface area contributed by atoms with E-state index < -0.39 is 11.5 Å². The molecule has 1 aromatic carbocycles. The first-order valence-corrected chi connectivity index (χ1v) is 6.88. The number of halogens is 1. The highest BCUT2D eigenvalue weighted by Crippen LogP contribution is 2.15. The third kappa shape index (κ3) is 4.02. The summed E-state index contributed by atoms with van der Waals surface area (Å²) in [5.41, 5.74) is 0.765. The van der Waals surface area contributed by atoms with Crippen molar-refractivity contribution in [2.45, 2.75) is 6.42 Å². The van der Waals surface area contributed by atoms with Gasteiger partial charge in [-0.1, -0.05) is 0 Å². The zero-order valence-corrected chi connectivity index (χ0v) is 12.2. The van der Waals surface area contributed by atoms with Gasteiger partial charge in [0.15, 0.2) is 0 Å². The van der Waals surface area contributed by atoms with Crippen LogP contribution in [0.4, 0.5) is 4.39 Å². The number of hydrogen-bond acceptors (Lipinski definition) is 3. The van der Waals surface area contributed by atoms with Gasteiger partial charge in [0, 0.05) is 26.0 Å². The monoisotopic (exact) mass is 304 g/mol. The Morgan fingerprint density at radius 2 is 1.95 bits per heavy atom. The van der Waals surface area contributed by atoms with Crippen molar-refractivity contribution in [2.75, 3.05) is 20.3 Å². The van der Waals surface area contributed by atoms with Gasteiger partial charge < -0.3 is 15.0 Å². The molecule has 0 atom stereocenters. The van der Waals surface area contributed by atoms with Crippen molar-refractivity contribution in [3.8, 4) is 11.3 Å². The fourth-order valence-corrected chi connectivity index (χ4v) is 1.96. The Morgan fingerprint density at radius 3 is 2.59 bits per heavy atom. The standard InChI is InChI=1S/C16H17FN2O3/c1-22-10-2-9-18-15(20)13-7-8-14(19-16(13)21)11-3-5-12(17)6-4-11/h3-8H,2,9-10H2,1H3,(H,18,20)(H,19,21). The minimum Gasteiger partial charge on any atom is -0.385 e. The Kier molecular flexibility index (Phi) is 5.43. The molecule has 0 saturated heterocycles. The van der Waals surface area contributed by atoms with E-state index in [9.17, 15) is 14.0 Å². The molecule has 2 rings (SSSR count). The van der Waals surface area contributed by atoms with E-state index in [1.165, 1.54) is 18.2 Å². The lowest BCUT2D eigenvalue weighted by Gasteiger charge is -2.06. The Hall–Kier alpha value is -2.47. The summed E-state index contributed by atoms with van der Waals surface area (Å²) in [4.78, 5) is 26.5. The quantitative estimate of drug-likeness (QED) is 0.801. The molecule has 0 radical (unpaired) electrons. The normalized spacial score (nSPS) is 10.5. The topological polar surface area (TPSA) is 71.2 Å². The van der Waals surface area contributed by atoms with E-state index in [4.69, 9.17) is 4.74 Å². The number of benzene rings is 1. The number of rotatable bonds is 6. The molecule has 0 aliphatic heterocycles. The highest BCUT2D eigenvalue weighted by atomic mass is 19.1. The molecule has 6 heteroatoms. The molecule has 0 aliphatic carbocycles. The highest BCUT2D eigenvalue weighted by molar-refractivity contribution is 5.94. The van der Waals surface area contributed by atoms with Gasteiger partial charge in [0.2, 0.25) is 0 Å². The zero-order valence-electron chi connectivity index (χ0n) is 12.2. The minimum atomic E-state index is -0.480. The van der Waals surface area contributed by atoms with E-state index in [1.807, 2.05) is 0 Å². The smallest absolute Gasteiger partial charge is 0.261 e. The summed E-state index contributed by atoms with van der Waals surface area (Å²) in [6.45, 7) is 0.978. The second kappa shape index (κ2) is 7.51. The number of H-pyrrole nitrogens is 1. The molecule has 0 unspecified atom stereocenters. The first-order valence-electron chi connectivity index (χ1n) is 6.88. The Labute approximate surface area is 127 Å². The molecule has 1 heterocycles. The van der Waals surface area contributed by atoms with Crippen molar-refractivity contribution in [2.24, 2.45) is 0 Å². The number of aromatic amines is 1. The van der Waals surface area contributed by atoms with Crippen LogP contribution in [-0.4, -0.2) is 31.2 Å². The van der Waals surface area contributed by atoms with Gasteiger partial charge in [0.1, 0.15) is 11.4 Å². The van der Waals surface area contributed by atoms with Crippen molar-refractivity contribution >= 4 is 5.91 Å². The van der Waals surface area contributed by atoms with E-state index >= 15 is 0 Å². The summed E-state index contributed by atoms with van der Waals surface area (Å²) in [5, 5.41) is 2.65. The van der Waals surface area contributed by atoms with Crippen molar-refractivity contribution < 1.29 is 13.9 Å². The lowest BCUT2D eigenvalue weighted by atomic mass is 10.1. The van der Waals surface area contributed by atoms with Crippen LogP contribution in [0.3, 0.4) is 0 Å². The first-order chi connectivity index (χ1) is 10.6. The molecule has 116 valence electrons. The number of methoxy groups -OCH3 is 1. The van der Waals surface area contributed by atoms with Gasteiger partial charge >= 0.3 is 0 Å². The number of pyridine rings is 1. The van der Waals surface area contributed by atoms with Crippen LogP contribution in [-0.2, 0) is 4.74 Å². The van der Waals surface area contributed by atoms with Gasteiger partial charge in [0.05, 0.1) is 0 Å². The molecule has 2 N–H and O–H groups in total. The molecule has 2 aromatic rings. The van der Waals surface area contributed by atoms with E-state index in [0.29, 0.717) is 30.8 Å². The predicted molar refractivity (Wildman–Crippen MR) is 81.3 cm³/mol. The Balaban J connectivity index is 2.11.